The van der Waals surface area contributed by atoms with Gasteiger partial charge in [0.05, 0.1) is 36.6 Å². The van der Waals surface area contributed by atoms with E-state index in [2.05, 4.69) is 15.1 Å². The molecule has 0 amide bonds. The summed E-state index contributed by atoms with van der Waals surface area (Å²) in [6.07, 6.45) is 3.29. The molecular formula is C13H11N5O. The van der Waals surface area contributed by atoms with Crippen LogP contribution in [-0.4, -0.2) is 29.4 Å². The van der Waals surface area contributed by atoms with E-state index in [0.717, 1.165) is 22.8 Å². The number of benzene rings is 1. The number of para-hydroxylation sites is 1. The third-order valence-corrected chi connectivity index (χ3v) is 3.42. The lowest BCUT2D eigenvalue weighted by Crippen LogP contribution is -2.06. The highest BCUT2D eigenvalue weighted by Crippen LogP contribution is 2.30. The van der Waals surface area contributed by atoms with Gasteiger partial charge in [-0.25, -0.2) is 14.6 Å². The van der Waals surface area contributed by atoms with Gasteiger partial charge in [-0.3, -0.25) is 0 Å². The Bertz CT molecular complexity index is 758. The first-order valence-corrected chi connectivity index (χ1v) is 6.02. The quantitative estimate of drug-likeness (QED) is 0.549. The van der Waals surface area contributed by atoms with Gasteiger partial charge >= 0.3 is 0 Å². The Labute approximate surface area is 109 Å². The van der Waals surface area contributed by atoms with Crippen LogP contribution in [0.4, 0.5) is 0 Å². The molecule has 0 atom stereocenters. The summed E-state index contributed by atoms with van der Waals surface area (Å²) in [5.41, 5.74) is 3.65. The van der Waals surface area contributed by atoms with Crippen molar-refractivity contribution in [3.05, 3.63) is 48.3 Å². The van der Waals surface area contributed by atoms with Crippen molar-refractivity contribution in [3.63, 3.8) is 0 Å². The van der Waals surface area contributed by atoms with Crippen LogP contribution in [0, 0.1) is 0 Å². The summed E-state index contributed by atoms with van der Waals surface area (Å²) in [5.74, 6) is 0.836. The average molecular weight is 253 g/mol. The molecule has 1 aromatic carbocycles. The van der Waals surface area contributed by atoms with E-state index in [4.69, 9.17) is 0 Å². The number of hydrogen-bond donors (Lipinski definition) is 1. The van der Waals surface area contributed by atoms with Crippen molar-refractivity contribution in [2.75, 3.05) is 0 Å². The number of imidazole rings is 1. The molecule has 3 heterocycles. The summed E-state index contributed by atoms with van der Waals surface area (Å²) in [4.78, 5) is 8.60. The summed E-state index contributed by atoms with van der Waals surface area (Å²) in [6.45, 7) is 0.481. The molecule has 0 saturated carbocycles. The second-order valence-corrected chi connectivity index (χ2v) is 4.42. The van der Waals surface area contributed by atoms with Crippen molar-refractivity contribution >= 4 is 0 Å². The van der Waals surface area contributed by atoms with Crippen LogP contribution < -0.4 is 0 Å². The number of fused-ring (bicyclic) bond motifs is 5. The van der Waals surface area contributed by atoms with Crippen LogP contribution in [-0.2, 0) is 13.2 Å². The Morgan fingerprint density at radius 2 is 2.11 bits per heavy atom. The molecule has 0 bridgehead atoms. The molecule has 0 unspecified atom stereocenters. The number of rotatable bonds is 1. The van der Waals surface area contributed by atoms with Crippen LogP contribution in [0.5, 0.6) is 0 Å². The highest BCUT2D eigenvalue weighted by molar-refractivity contribution is 5.68. The van der Waals surface area contributed by atoms with Gasteiger partial charge in [0.25, 0.3) is 0 Å². The van der Waals surface area contributed by atoms with Crippen molar-refractivity contribution in [1.82, 2.24) is 24.3 Å². The lowest BCUT2D eigenvalue weighted by Gasteiger charge is -2.07. The van der Waals surface area contributed by atoms with Gasteiger partial charge in [0.15, 0.2) is 5.82 Å². The molecule has 6 nitrogen and oxygen atoms in total. The normalized spacial score (nSPS) is 12.5. The minimum atomic E-state index is -0.0749. The monoisotopic (exact) mass is 253 g/mol. The van der Waals surface area contributed by atoms with Crippen LogP contribution >= 0.6 is 0 Å². The Balaban J connectivity index is 2.09. The zero-order chi connectivity index (χ0) is 12.8. The van der Waals surface area contributed by atoms with E-state index >= 15 is 0 Å². The number of aliphatic hydroxyl groups is 1. The lowest BCUT2D eigenvalue weighted by atomic mass is 10.1. The molecule has 1 aliphatic rings. The van der Waals surface area contributed by atoms with E-state index in [0.29, 0.717) is 12.2 Å². The van der Waals surface area contributed by atoms with E-state index in [1.54, 1.807) is 12.7 Å². The van der Waals surface area contributed by atoms with Crippen molar-refractivity contribution in [2.45, 2.75) is 13.2 Å². The molecular weight excluding hydrogens is 242 g/mol. The molecule has 19 heavy (non-hydrogen) atoms. The summed E-state index contributed by atoms with van der Waals surface area (Å²) in [5, 5.41) is 13.7. The van der Waals surface area contributed by atoms with Gasteiger partial charge in [0.2, 0.25) is 0 Å². The average Bonchev–Trinajstić information content (AvgIpc) is 3.04. The molecule has 1 aliphatic heterocycles. The van der Waals surface area contributed by atoms with Gasteiger partial charge in [0, 0.05) is 5.56 Å². The molecule has 0 aliphatic carbocycles. The summed E-state index contributed by atoms with van der Waals surface area (Å²) < 4.78 is 3.83. The fraction of sp³-hybridized carbons (Fsp3) is 0.154. The van der Waals surface area contributed by atoms with Crippen LogP contribution in [0.2, 0.25) is 0 Å². The summed E-state index contributed by atoms with van der Waals surface area (Å²) >= 11 is 0. The first-order valence-electron chi connectivity index (χ1n) is 6.02. The topological polar surface area (TPSA) is 68.8 Å². The number of nitrogens with zero attached hydrogens (tertiary/aromatic N) is 5. The van der Waals surface area contributed by atoms with Crippen LogP contribution in [0.15, 0.2) is 36.9 Å². The zero-order valence-electron chi connectivity index (χ0n) is 10.1. The molecule has 2 aromatic heterocycles. The maximum absolute atomic E-state index is 9.40. The second kappa shape index (κ2) is 3.76. The van der Waals surface area contributed by atoms with Crippen LogP contribution in [0.1, 0.15) is 11.4 Å². The Hall–Kier alpha value is -2.47. The minimum Gasteiger partial charge on any atom is -0.390 e. The Morgan fingerprint density at radius 3 is 3.00 bits per heavy atom. The van der Waals surface area contributed by atoms with Gasteiger partial charge in [-0.2, -0.15) is 5.10 Å². The second-order valence-electron chi connectivity index (χ2n) is 4.42. The van der Waals surface area contributed by atoms with Crippen molar-refractivity contribution < 1.29 is 5.11 Å². The SMILES string of the molecule is OCc1ncn2c1Cn1ncnc1-c1ccccc1-2. The van der Waals surface area contributed by atoms with E-state index in [-0.39, 0.29) is 6.61 Å². The maximum Gasteiger partial charge on any atom is 0.160 e. The molecule has 6 heteroatoms. The molecule has 3 aromatic rings. The van der Waals surface area contributed by atoms with Gasteiger partial charge in [-0.15, -0.1) is 0 Å². The molecule has 0 spiro atoms. The highest BCUT2D eigenvalue weighted by atomic mass is 16.3. The first-order chi connectivity index (χ1) is 9.38. The minimum absolute atomic E-state index is 0.0749. The fourth-order valence-electron chi connectivity index (χ4n) is 2.52. The fourth-order valence-corrected chi connectivity index (χ4v) is 2.52. The molecule has 0 radical (unpaired) electrons. The van der Waals surface area contributed by atoms with Gasteiger partial charge < -0.3 is 9.67 Å². The highest BCUT2D eigenvalue weighted by Gasteiger charge is 2.22. The summed E-state index contributed by atoms with van der Waals surface area (Å²) in [6, 6.07) is 8.00. The van der Waals surface area contributed by atoms with E-state index in [1.165, 1.54) is 0 Å². The van der Waals surface area contributed by atoms with Gasteiger partial charge in [-0.1, -0.05) is 12.1 Å². The van der Waals surface area contributed by atoms with Crippen molar-refractivity contribution in [2.24, 2.45) is 0 Å². The smallest absolute Gasteiger partial charge is 0.160 e. The molecule has 94 valence electrons. The number of hydrogen-bond acceptors (Lipinski definition) is 4. The standard InChI is InChI=1S/C13H11N5O/c19-6-10-12-5-18-13(14-7-16-18)9-3-1-2-4-11(9)17(12)8-15-10/h1-4,7-8,19H,5-6H2. The van der Waals surface area contributed by atoms with Gasteiger partial charge in [-0.05, 0) is 12.1 Å². The molecule has 4 rings (SSSR count). The van der Waals surface area contributed by atoms with Gasteiger partial charge in [0.1, 0.15) is 6.33 Å². The van der Waals surface area contributed by atoms with Crippen molar-refractivity contribution in [3.8, 4) is 17.1 Å². The predicted octanol–water partition coefficient (Wildman–Crippen LogP) is 0.985. The van der Waals surface area contributed by atoms with Crippen LogP contribution in [0.3, 0.4) is 0 Å². The Kier molecular flexibility index (Phi) is 2.07. The number of aliphatic hydroxyl groups excluding tert-OH is 1. The molecule has 0 saturated heterocycles. The third-order valence-electron chi connectivity index (χ3n) is 3.42. The van der Waals surface area contributed by atoms with Crippen molar-refractivity contribution in [1.29, 1.82) is 0 Å². The first kappa shape index (κ1) is 10.5. The molecule has 0 fully saturated rings. The Morgan fingerprint density at radius 1 is 1.21 bits per heavy atom. The van der Waals surface area contributed by atoms with E-state index in [9.17, 15) is 5.11 Å². The predicted molar refractivity (Wildman–Crippen MR) is 67.6 cm³/mol. The summed E-state index contributed by atoms with van der Waals surface area (Å²) in [7, 11) is 0. The van der Waals surface area contributed by atoms with E-state index in [1.807, 2.05) is 33.5 Å². The lowest BCUT2D eigenvalue weighted by molar-refractivity contribution is 0.275. The largest absolute Gasteiger partial charge is 0.390 e. The maximum atomic E-state index is 9.40. The number of aromatic nitrogens is 5. The van der Waals surface area contributed by atoms with E-state index < -0.39 is 0 Å². The zero-order valence-corrected chi connectivity index (χ0v) is 10.1. The molecule has 1 N–H and O–H groups in total. The van der Waals surface area contributed by atoms with Crippen LogP contribution in [0.25, 0.3) is 17.1 Å². The third kappa shape index (κ3) is 1.37.